The highest BCUT2D eigenvalue weighted by atomic mass is 19.4. The molecule has 0 N–H and O–H groups in total. The average Bonchev–Trinajstić information content (AvgIpc) is 2.25. The van der Waals surface area contributed by atoms with Gasteiger partial charge in [0.1, 0.15) is 5.75 Å². The zero-order valence-corrected chi connectivity index (χ0v) is 9.82. The maximum absolute atomic E-state index is 13.2. The minimum atomic E-state index is -5.20. The van der Waals surface area contributed by atoms with Crippen molar-refractivity contribution in [1.29, 1.82) is 0 Å². The number of ether oxygens (including phenoxy) is 1. The average molecular weight is 308 g/mol. The molecule has 0 bridgehead atoms. The molecule has 0 spiro atoms. The first-order valence-corrected chi connectivity index (χ1v) is 5.15. The Morgan fingerprint density at radius 2 is 1.30 bits per heavy atom. The fourth-order valence-corrected chi connectivity index (χ4v) is 1.15. The summed E-state index contributed by atoms with van der Waals surface area (Å²) in [5.74, 6) is -3.89. The molecule has 0 saturated carbocycles. The van der Waals surface area contributed by atoms with Crippen LogP contribution in [0.3, 0.4) is 0 Å². The molecule has 0 saturated heterocycles. The van der Waals surface area contributed by atoms with Gasteiger partial charge in [-0.2, -0.15) is 35.1 Å². The van der Waals surface area contributed by atoms with Crippen LogP contribution in [0.25, 0.3) is 0 Å². The molecule has 1 nitrogen and oxygen atoms in total. The van der Waals surface area contributed by atoms with Crippen LogP contribution in [0.2, 0.25) is 0 Å². The van der Waals surface area contributed by atoms with Gasteiger partial charge in [-0.3, -0.25) is 0 Å². The monoisotopic (exact) mass is 308 g/mol. The largest absolute Gasteiger partial charge is 0.432 e. The highest BCUT2D eigenvalue weighted by Gasteiger charge is 2.55. The van der Waals surface area contributed by atoms with Crippen LogP contribution in [0.4, 0.5) is 35.1 Å². The fourth-order valence-electron chi connectivity index (χ4n) is 1.15. The van der Waals surface area contributed by atoms with E-state index in [0.29, 0.717) is 24.3 Å². The van der Waals surface area contributed by atoms with E-state index in [-0.39, 0.29) is 6.92 Å². The summed E-state index contributed by atoms with van der Waals surface area (Å²) in [5, 5.41) is 0. The highest BCUT2D eigenvalue weighted by molar-refractivity contribution is 5.29. The zero-order valence-electron chi connectivity index (χ0n) is 9.82. The van der Waals surface area contributed by atoms with Gasteiger partial charge in [-0.15, -0.1) is 0 Å². The van der Waals surface area contributed by atoms with Crippen LogP contribution >= 0.6 is 0 Å². The zero-order chi connectivity index (χ0) is 15.8. The first-order valence-electron chi connectivity index (χ1n) is 5.15. The lowest BCUT2D eigenvalue weighted by atomic mass is 10.1. The van der Waals surface area contributed by atoms with Crippen molar-refractivity contribution in [1.82, 2.24) is 0 Å². The van der Waals surface area contributed by atoms with E-state index in [1.54, 1.807) is 0 Å². The molecule has 1 unspecified atom stereocenters. The van der Waals surface area contributed by atoms with Crippen molar-refractivity contribution in [3.63, 3.8) is 0 Å². The van der Waals surface area contributed by atoms with Crippen molar-refractivity contribution < 1.29 is 39.9 Å². The number of alkyl halides is 8. The number of halogens is 8. The molecular formula is C11H8F8O. The summed E-state index contributed by atoms with van der Waals surface area (Å²) in [7, 11) is 0. The second kappa shape index (κ2) is 5.10. The van der Waals surface area contributed by atoms with Crippen LogP contribution in [0.1, 0.15) is 12.5 Å². The smallest absolute Gasteiger partial charge is 0.416 e. The van der Waals surface area contributed by atoms with Crippen molar-refractivity contribution in [2.45, 2.75) is 25.4 Å². The van der Waals surface area contributed by atoms with Crippen LogP contribution in [-0.2, 0) is 6.18 Å². The summed E-state index contributed by atoms with van der Waals surface area (Å²) in [6.45, 7) is 0.212. The molecule has 1 aromatic carbocycles. The van der Waals surface area contributed by atoms with E-state index < -0.39 is 35.7 Å². The molecular weight excluding hydrogens is 300 g/mol. The lowest BCUT2D eigenvalue weighted by Gasteiger charge is -2.25. The predicted molar refractivity (Wildman–Crippen MR) is 52.2 cm³/mol. The van der Waals surface area contributed by atoms with Gasteiger partial charge in [-0.1, -0.05) is 0 Å². The van der Waals surface area contributed by atoms with E-state index in [4.69, 9.17) is 0 Å². The molecule has 0 amide bonds. The standard InChI is InChI=1S/C11H8F8O/c1-6(9(12,13)14)11(18,19)20-8-4-2-7(3-5-8)10(15,16)17/h2-6H,1H3. The molecule has 0 aliphatic rings. The first kappa shape index (κ1) is 16.5. The summed E-state index contributed by atoms with van der Waals surface area (Å²) in [6.07, 6.45) is -14.5. The number of hydrogen-bond donors (Lipinski definition) is 0. The molecule has 9 heteroatoms. The van der Waals surface area contributed by atoms with Crippen molar-refractivity contribution >= 4 is 0 Å². The predicted octanol–water partition coefficient (Wildman–Crippen LogP) is 4.88. The van der Waals surface area contributed by atoms with Crippen LogP contribution in [0.5, 0.6) is 5.75 Å². The summed E-state index contributed by atoms with van der Waals surface area (Å²) in [5.41, 5.74) is -1.13. The normalized spacial score (nSPS) is 15.1. The van der Waals surface area contributed by atoms with E-state index in [2.05, 4.69) is 4.74 Å². The van der Waals surface area contributed by atoms with E-state index >= 15 is 0 Å². The van der Waals surface area contributed by atoms with Gasteiger partial charge >= 0.3 is 18.5 Å². The van der Waals surface area contributed by atoms with Crippen molar-refractivity contribution in [2.75, 3.05) is 0 Å². The molecule has 1 rings (SSSR count). The topological polar surface area (TPSA) is 9.23 Å². The van der Waals surface area contributed by atoms with Gasteiger partial charge < -0.3 is 4.74 Å². The van der Waals surface area contributed by atoms with Crippen molar-refractivity contribution in [3.05, 3.63) is 29.8 Å². The van der Waals surface area contributed by atoms with E-state index in [9.17, 15) is 35.1 Å². The second-order valence-electron chi connectivity index (χ2n) is 3.95. The van der Waals surface area contributed by atoms with Gasteiger partial charge in [0, 0.05) is 0 Å². The van der Waals surface area contributed by atoms with Gasteiger partial charge in [-0.05, 0) is 31.2 Å². The third-order valence-corrected chi connectivity index (χ3v) is 2.43. The lowest BCUT2D eigenvalue weighted by molar-refractivity contribution is -0.298. The second-order valence-corrected chi connectivity index (χ2v) is 3.95. The highest BCUT2D eigenvalue weighted by Crippen LogP contribution is 2.39. The van der Waals surface area contributed by atoms with Gasteiger partial charge in [0.05, 0.1) is 5.56 Å². The summed E-state index contributed by atoms with van der Waals surface area (Å²) < 4.78 is 103. The molecule has 0 fully saturated rings. The van der Waals surface area contributed by atoms with Crippen molar-refractivity contribution in [2.24, 2.45) is 5.92 Å². The molecule has 20 heavy (non-hydrogen) atoms. The van der Waals surface area contributed by atoms with Crippen LogP contribution < -0.4 is 4.74 Å². The Morgan fingerprint density at radius 3 is 1.65 bits per heavy atom. The van der Waals surface area contributed by atoms with Crippen molar-refractivity contribution in [3.8, 4) is 5.75 Å². The number of rotatable bonds is 3. The maximum atomic E-state index is 13.2. The third kappa shape index (κ3) is 3.97. The van der Waals surface area contributed by atoms with Gasteiger partial charge in [0.15, 0.2) is 5.92 Å². The van der Waals surface area contributed by atoms with Crippen LogP contribution in [0.15, 0.2) is 24.3 Å². The minimum absolute atomic E-state index is 0.212. The minimum Gasteiger partial charge on any atom is -0.432 e. The molecule has 0 radical (unpaired) electrons. The third-order valence-electron chi connectivity index (χ3n) is 2.43. The molecule has 0 aliphatic carbocycles. The number of benzene rings is 1. The van der Waals surface area contributed by atoms with E-state index in [0.717, 1.165) is 0 Å². The molecule has 1 atom stereocenters. The van der Waals surface area contributed by atoms with Crippen LogP contribution in [0, 0.1) is 5.92 Å². The Labute approximate surface area is 108 Å². The first-order chi connectivity index (χ1) is 8.84. The summed E-state index contributed by atoms with van der Waals surface area (Å²) in [4.78, 5) is 0. The molecule has 0 aliphatic heterocycles. The molecule has 114 valence electrons. The Morgan fingerprint density at radius 1 is 0.850 bits per heavy atom. The Bertz CT molecular complexity index is 445. The molecule has 1 aromatic rings. The van der Waals surface area contributed by atoms with Gasteiger partial charge in [0.25, 0.3) is 0 Å². The molecule has 0 heterocycles. The Kier molecular flexibility index (Phi) is 4.21. The quantitative estimate of drug-likeness (QED) is 0.723. The van der Waals surface area contributed by atoms with E-state index in [1.165, 1.54) is 0 Å². The van der Waals surface area contributed by atoms with Gasteiger partial charge in [0.2, 0.25) is 0 Å². The van der Waals surface area contributed by atoms with Crippen LogP contribution in [-0.4, -0.2) is 12.3 Å². The lowest BCUT2D eigenvalue weighted by Crippen LogP contribution is -2.41. The Balaban J connectivity index is 2.88. The SMILES string of the molecule is CC(C(F)(F)F)C(F)(F)Oc1ccc(C(F)(F)F)cc1. The Hall–Kier alpha value is -1.54. The van der Waals surface area contributed by atoms with Gasteiger partial charge in [-0.25, -0.2) is 0 Å². The molecule has 0 aromatic heterocycles. The fraction of sp³-hybridized carbons (Fsp3) is 0.455. The summed E-state index contributed by atoms with van der Waals surface area (Å²) >= 11 is 0. The maximum Gasteiger partial charge on any atom is 0.416 e. The summed E-state index contributed by atoms with van der Waals surface area (Å²) in [6, 6.07) is 1.92. The number of hydrogen-bond acceptors (Lipinski definition) is 1. The van der Waals surface area contributed by atoms with E-state index in [1.807, 2.05) is 0 Å².